The van der Waals surface area contributed by atoms with Crippen LogP contribution in [0.1, 0.15) is 18.4 Å². The van der Waals surface area contributed by atoms with E-state index in [2.05, 4.69) is 15.3 Å². The predicted octanol–water partition coefficient (Wildman–Crippen LogP) is 2.70. The lowest BCUT2D eigenvalue weighted by Gasteiger charge is -2.25. The molecule has 7 heteroatoms. The van der Waals surface area contributed by atoms with E-state index in [4.69, 9.17) is 9.47 Å². The fourth-order valence-electron chi connectivity index (χ4n) is 2.74. The standard InChI is InChI=1S/C18H22N4O3/c1-24-17-5-4-15(11-20-17)21-18(23)22(13-16-3-2-10-25-16)12-14-6-8-19-9-7-14/h4-9,11,16H,2-3,10,12-13H2,1H3,(H,21,23)/t16-/m1/s1. The van der Waals surface area contributed by atoms with Crippen LogP contribution in [0.15, 0.2) is 42.9 Å². The molecule has 1 atom stereocenters. The fourth-order valence-corrected chi connectivity index (χ4v) is 2.74. The Morgan fingerprint density at radius 3 is 2.84 bits per heavy atom. The Bertz CT molecular complexity index is 672. The van der Waals surface area contributed by atoms with Gasteiger partial charge < -0.3 is 19.7 Å². The van der Waals surface area contributed by atoms with Crippen LogP contribution in [0.4, 0.5) is 10.5 Å². The van der Waals surface area contributed by atoms with Gasteiger partial charge >= 0.3 is 6.03 Å². The summed E-state index contributed by atoms with van der Waals surface area (Å²) in [5, 5.41) is 2.89. The molecule has 0 radical (unpaired) electrons. The lowest BCUT2D eigenvalue weighted by molar-refractivity contribution is 0.0819. The third-order valence-corrected chi connectivity index (χ3v) is 4.05. The van der Waals surface area contributed by atoms with Crippen molar-refractivity contribution in [2.45, 2.75) is 25.5 Å². The number of carbonyl (C=O) groups excluding carboxylic acids is 1. The first-order chi connectivity index (χ1) is 12.2. The second kappa shape index (κ2) is 8.43. The number of nitrogens with one attached hydrogen (secondary N) is 1. The number of ether oxygens (including phenoxy) is 2. The fraction of sp³-hybridized carbons (Fsp3) is 0.389. The third-order valence-electron chi connectivity index (χ3n) is 4.05. The Kier molecular flexibility index (Phi) is 5.79. The van der Waals surface area contributed by atoms with Crippen molar-refractivity contribution in [3.8, 4) is 5.88 Å². The monoisotopic (exact) mass is 342 g/mol. The lowest BCUT2D eigenvalue weighted by atomic mass is 10.2. The van der Waals surface area contributed by atoms with Gasteiger partial charge in [-0.3, -0.25) is 4.98 Å². The summed E-state index contributed by atoms with van der Waals surface area (Å²) in [4.78, 5) is 22.6. The molecule has 0 spiro atoms. The van der Waals surface area contributed by atoms with Crippen LogP contribution in [0.2, 0.25) is 0 Å². The summed E-state index contributed by atoms with van der Waals surface area (Å²) < 4.78 is 10.7. The smallest absolute Gasteiger partial charge is 0.322 e. The molecule has 1 N–H and O–H groups in total. The van der Waals surface area contributed by atoms with E-state index in [1.54, 1.807) is 42.7 Å². The van der Waals surface area contributed by atoms with Crippen molar-refractivity contribution in [2.24, 2.45) is 0 Å². The van der Waals surface area contributed by atoms with Gasteiger partial charge in [0, 0.05) is 38.2 Å². The molecule has 0 aromatic carbocycles. The van der Waals surface area contributed by atoms with Gasteiger partial charge in [0.15, 0.2) is 0 Å². The largest absolute Gasteiger partial charge is 0.481 e. The molecule has 1 aliphatic heterocycles. The van der Waals surface area contributed by atoms with Crippen LogP contribution < -0.4 is 10.1 Å². The second-order valence-electron chi connectivity index (χ2n) is 5.89. The molecule has 1 saturated heterocycles. The maximum Gasteiger partial charge on any atom is 0.322 e. The molecule has 0 saturated carbocycles. The molecule has 132 valence electrons. The molecule has 2 aromatic rings. The van der Waals surface area contributed by atoms with Crippen molar-refractivity contribution in [1.82, 2.24) is 14.9 Å². The molecule has 3 rings (SSSR count). The van der Waals surface area contributed by atoms with Crippen molar-refractivity contribution >= 4 is 11.7 Å². The van der Waals surface area contributed by atoms with E-state index in [0.717, 1.165) is 25.0 Å². The van der Waals surface area contributed by atoms with E-state index < -0.39 is 0 Å². The molecule has 3 heterocycles. The van der Waals surface area contributed by atoms with Gasteiger partial charge in [-0.25, -0.2) is 9.78 Å². The van der Waals surface area contributed by atoms with Crippen LogP contribution in [0, 0.1) is 0 Å². The van der Waals surface area contributed by atoms with Crippen LogP contribution in [0.25, 0.3) is 0 Å². The molecule has 2 amide bonds. The first-order valence-corrected chi connectivity index (χ1v) is 8.31. The number of methoxy groups -OCH3 is 1. The van der Waals surface area contributed by atoms with Gasteiger partial charge in [-0.1, -0.05) is 0 Å². The van der Waals surface area contributed by atoms with Gasteiger partial charge in [0.2, 0.25) is 5.88 Å². The normalized spacial score (nSPS) is 16.4. The topological polar surface area (TPSA) is 76.6 Å². The van der Waals surface area contributed by atoms with E-state index in [1.807, 2.05) is 12.1 Å². The zero-order valence-corrected chi connectivity index (χ0v) is 14.2. The van der Waals surface area contributed by atoms with Crippen LogP contribution in [-0.4, -0.2) is 47.3 Å². The number of pyridine rings is 2. The van der Waals surface area contributed by atoms with Gasteiger partial charge in [-0.15, -0.1) is 0 Å². The van der Waals surface area contributed by atoms with Crippen LogP contribution >= 0.6 is 0 Å². The van der Waals surface area contributed by atoms with Crippen molar-refractivity contribution in [3.63, 3.8) is 0 Å². The zero-order chi connectivity index (χ0) is 17.5. The molecule has 0 aliphatic carbocycles. The number of urea groups is 1. The maximum absolute atomic E-state index is 12.7. The Labute approximate surface area is 147 Å². The molecule has 2 aromatic heterocycles. The maximum atomic E-state index is 12.7. The van der Waals surface area contributed by atoms with Crippen molar-refractivity contribution in [3.05, 3.63) is 48.4 Å². The average molecular weight is 342 g/mol. The van der Waals surface area contributed by atoms with E-state index in [0.29, 0.717) is 24.7 Å². The molecule has 7 nitrogen and oxygen atoms in total. The second-order valence-corrected chi connectivity index (χ2v) is 5.89. The number of rotatable bonds is 6. The molecule has 25 heavy (non-hydrogen) atoms. The third kappa shape index (κ3) is 4.90. The minimum absolute atomic E-state index is 0.0848. The minimum Gasteiger partial charge on any atom is -0.481 e. The number of hydrogen-bond donors (Lipinski definition) is 1. The molecular formula is C18H22N4O3. The van der Waals surface area contributed by atoms with E-state index in [9.17, 15) is 4.79 Å². The van der Waals surface area contributed by atoms with Crippen LogP contribution in [0.3, 0.4) is 0 Å². The minimum atomic E-state index is -0.181. The quantitative estimate of drug-likeness (QED) is 0.873. The van der Waals surface area contributed by atoms with Gasteiger partial charge in [-0.2, -0.15) is 0 Å². The SMILES string of the molecule is COc1ccc(NC(=O)N(Cc2ccncc2)C[C@H]2CCCO2)cn1. The van der Waals surface area contributed by atoms with Crippen LogP contribution in [0.5, 0.6) is 5.88 Å². The summed E-state index contributed by atoms with van der Waals surface area (Å²) in [6.45, 7) is 1.81. The lowest BCUT2D eigenvalue weighted by Crippen LogP contribution is -2.39. The van der Waals surface area contributed by atoms with Crippen molar-refractivity contribution < 1.29 is 14.3 Å². The highest BCUT2D eigenvalue weighted by Crippen LogP contribution is 2.17. The Morgan fingerprint density at radius 2 is 2.20 bits per heavy atom. The molecule has 1 aliphatic rings. The van der Waals surface area contributed by atoms with Gasteiger partial charge in [0.1, 0.15) is 0 Å². The van der Waals surface area contributed by atoms with E-state index >= 15 is 0 Å². The number of nitrogens with zero attached hydrogens (tertiary/aromatic N) is 3. The molecule has 0 unspecified atom stereocenters. The summed E-state index contributed by atoms with van der Waals surface area (Å²) in [6.07, 6.45) is 7.13. The highest BCUT2D eigenvalue weighted by Gasteiger charge is 2.23. The molecule has 1 fully saturated rings. The number of hydrogen-bond acceptors (Lipinski definition) is 5. The first kappa shape index (κ1) is 17.2. The summed E-state index contributed by atoms with van der Waals surface area (Å²) in [5.41, 5.74) is 1.65. The highest BCUT2D eigenvalue weighted by molar-refractivity contribution is 5.89. The summed E-state index contributed by atoms with van der Waals surface area (Å²) >= 11 is 0. The van der Waals surface area contributed by atoms with Gasteiger partial charge in [0.05, 0.1) is 25.1 Å². The van der Waals surface area contributed by atoms with E-state index in [-0.39, 0.29) is 12.1 Å². The average Bonchev–Trinajstić information content (AvgIpc) is 3.16. The number of amides is 2. The first-order valence-electron chi connectivity index (χ1n) is 8.31. The van der Waals surface area contributed by atoms with Crippen molar-refractivity contribution in [1.29, 1.82) is 0 Å². The van der Waals surface area contributed by atoms with Crippen molar-refractivity contribution in [2.75, 3.05) is 25.6 Å². The Morgan fingerprint density at radius 1 is 1.36 bits per heavy atom. The Hall–Kier alpha value is -2.67. The Balaban J connectivity index is 1.68. The molecule has 0 bridgehead atoms. The summed E-state index contributed by atoms with van der Waals surface area (Å²) in [7, 11) is 1.55. The number of aromatic nitrogens is 2. The zero-order valence-electron chi connectivity index (χ0n) is 14.2. The van der Waals surface area contributed by atoms with Gasteiger partial charge in [-0.05, 0) is 36.6 Å². The molecular weight excluding hydrogens is 320 g/mol. The number of carbonyl (C=O) groups is 1. The highest BCUT2D eigenvalue weighted by atomic mass is 16.5. The summed E-state index contributed by atoms with van der Waals surface area (Å²) in [6, 6.07) is 7.11. The summed E-state index contributed by atoms with van der Waals surface area (Å²) in [5.74, 6) is 0.506. The van der Waals surface area contributed by atoms with Crippen LogP contribution in [-0.2, 0) is 11.3 Å². The number of anilines is 1. The van der Waals surface area contributed by atoms with Gasteiger partial charge in [0.25, 0.3) is 0 Å². The predicted molar refractivity (Wildman–Crippen MR) is 93.4 cm³/mol. The van der Waals surface area contributed by atoms with E-state index in [1.165, 1.54) is 0 Å².